The van der Waals surface area contributed by atoms with Crippen LogP contribution >= 0.6 is 0 Å². The molecular formula is C12H22N3O3. The smallest absolute Gasteiger partial charge is 0.309 e. The third-order valence-corrected chi connectivity index (χ3v) is 2.91. The van der Waals surface area contributed by atoms with E-state index in [2.05, 4.69) is 15.5 Å². The van der Waals surface area contributed by atoms with Gasteiger partial charge in [0.25, 0.3) is 0 Å². The van der Waals surface area contributed by atoms with Gasteiger partial charge in [0.05, 0.1) is 13.0 Å². The lowest BCUT2D eigenvalue weighted by Gasteiger charge is -2.33. The molecule has 6 nitrogen and oxygen atoms in total. The molecule has 1 rings (SSSR count). The number of hydrogen-bond donors (Lipinski definition) is 2. The summed E-state index contributed by atoms with van der Waals surface area (Å²) < 4.78 is 4.94. The second-order valence-electron chi connectivity index (χ2n) is 4.34. The van der Waals surface area contributed by atoms with Crippen molar-refractivity contribution in [1.82, 2.24) is 15.5 Å². The minimum absolute atomic E-state index is 0.144. The standard InChI is InChI=1S/C12H22N3O3/c1-2-18-12(17)8-11-9-15(7-5-14-11)6-3-4-13-10-16/h11,14H,2-9H2,1H3,(H,13,16). The molecule has 1 aliphatic rings. The van der Waals surface area contributed by atoms with Crippen LogP contribution in [0.5, 0.6) is 0 Å². The molecule has 1 heterocycles. The lowest BCUT2D eigenvalue weighted by atomic mass is 10.1. The predicted molar refractivity (Wildman–Crippen MR) is 67.8 cm³/mol. The molecule has 1 fully saturated rings. The van der Waals surface area contributed by atoms with Crippen LogP contribution in [-0.2, 0) is 14.3 Å². The number of rotatable bonds is 8. The Labute approximate surface area is 108 Å². The third-order valence-electron chi connectivity index (χ3n) is 2.91. The van der Waals surface area contributed by atoms with Gasteiger partial charge in [-0.1, -0.05) is 0 Å². The van der Waals surface area contributed by atoms with E-state index in [1.807, 2.05) is 6.92 Å². The average Bonchev–Trinajstić information content (AvgIpc) is 2.35. The lowest BCUT2D eigenvalue weighted by molar-refractivity contribution is -0.143. The van der Waals surface area contributed by atoms with Crippen LogP contribution in [-0.4, -0.2) is 62.7 Å². The van der Waals surface area contributed by atoms with Crippen molar-refractivity contribution in [1.29, 1.82) is 0 Å². The number of carbonyl (C=O) groups is 1. The molecule has 0 spiro atoms. The van der Waals surface area contributed by atoms with Crippen molar-refractivity contribution in [2.75, 3.05) is 39.3 Å². The maximum absolute atomic E-state index is 11.4. The van der Waals surface area contributed by atoms with Crippen LogP contribution in [0.1, 0.15) is 19.8 Å². The van der Waals surface area contributed by atoms with Crippen molar-refractivity contribution in [2.24, 2.45) is 0 Å². The van der Waals surface area contributed by atoms with Crippen molar-refractivity contribution in [2.45, 2.75) is 25.8 Å². The maximum atomic E-state index is 11.4. The van der Waals surface area contributed by atoms with Gasteiger partial charge in [-0.25, -0.2) is 0 Å². The Kier molecular flexibility index (Phi) is 7.36. The van der Waals surface area contributed by atoms with Crippen LogP contribution in [0.3, 0.4) is 0 Å². The second kappa shape index (κ2) is 8.88. The first-order valence-electron chi connectivity index (χ1n) is 6.47. The molecular weight excluding hydrogens is 234 g/mol. The first-order chi connectivity index (χ1) is 8.76. The van der Waals surface area contributed by atoms with E-state index in [0.717, 1.165) is 32.6 Å². The maximum Gasteiger partial charge on any atom is 0.309 e. The quantitative estimate of drug-likeness (QED) is 0.340. The fraction of sp³-hybridized carbons (Fsp3) is 0.833. The molecule has 1 radical (unpaired) electrons. The van der Waals surface area contributed by atoms with E-state index in [4.69, 9.17) is 4.74 Å². The topological polar surface area (TPSA) is 70.7 Å². The predicted octanol–water partition coefficient (Wildman–Crippen LogP) is -0.740. The molecule has 6 heteroatoms. The van der Waals surface area contributed by atoms with Gasteiger partial charge in [-0.3, -0.25) is 9.59 Å². The Morgan fingerprint density at radius 1 is 1.61 bits per heavy atom. The molecule has 0 aromatic carbocycles. The van der Waals surface area contributed by atoms with Crippen molar-refractivity contribution in [3.05, 3.63) is 0 Å². The van der Waals surface area contributed by atoms with Gasteiger partial charge in [-0.15, -0.1) is 0 Å². The van der Waals surface area contributed by atoms with Gasteiger partial charge in [0.15, 0.2) is 0 Å². The first-order valence-corrected chi connectivity index (χ1v) is 6.47. The summed E-state index contributed by atoms with van der Waals surface area (Å²) in [5.74, 6) is -0.144. The van der Waals surface area contributed by atoms with Crippen LogP contribution in [0, 0.1) is 0 Å². The average molecular weight is 256 g/mol. The molecule has 2 N–H and O–H groups in total. The van der Waals surface area contributed by atoms with E-state index < -0.39 is 0 Å². The summed E-state index contributed by atoms with van der Waals surface area (Å²) in [6.07, 6.45) is 2.99. The molecule has 1 unspecified atom stereocenters. The Bertz CT molecular complexity index is 261. The zero-order valence-electron chi connectivity index (χ0n) is 10.9. The summed E-state index contributed by atoms with van der Waals surface area (Å²) in [5.41, 5.74) is 0. The number of hydrogen-bond acceptors (Lipinski definition) is 5. The number of carbonyl (C=O) groups excluding carboxylic acids is 2. The number of nitrogens with zero attached hydrogens (tertiary/aromatic N) is 1. The Hall–Kier alpha value is -1.14. The van der Waals surface area contributed by atoms with Gasteiger partial charge in [0.1, 0.15) is 0 Å². The molecule has 0 bridgehead atoms. The molecule has 1 aliphatic heterocycles. The van der Waals surface area contributed by atoms with Gasteiger partial charge in [-0.2, -0.15) is 0 Å². The van der Waals surface area contributed by atoms with E-state index in [0.29, 0.717) is 19.6 Å². The zero-order chi connectivity index (χ0) is 13.2. The molecule has 1 amide bonds. The summed E-state index contributed by atoms with van der Waals surface area (Å²) in [6.45, 7) is 6.54. The summed E-state index contributed by atoms with van der Waals surface area (Å²) in [5, 5.41) is 5.85. The fourth-order valence-electron chi connectivity index (χ4n) is 2.10. The minimum Gasteiger partial charge on any atom is -0.466 e. The Morgan fingerprint density at radius 3 is 3.17 bits per heavy atom. The summed E-state index contributed by atoms with van der Waals surface area (Å²) >= 11 is 0. The largest absolute Gasteiger partial charge is 0.466 e. The van der Waals surface area contributed by atoms with Crippen LogP contribution in [0.15, 0.2) is 0 Å². The molecule has 0 aliphatic carbocycles. The molecule has 0 saturated carbocycles. The summed E-state index contributed by atoms with van der Waals surface area (Å²) in [7, 11) is 0. The van der Waals surface area contributed by atoms with Crippen molar-refractivity contribution < 1.29 is 14.3 Å². The highest BCUT2D eigenvalue weighted by atomic mass is 16.5. The van der Waals surface area contributed by atoms with Gasteiger partial charge < -0.3 is 20.3 Å². The van der Waals surface area contributed by atoms with Gasteiger partial charge in [0.2, 0.25) is 0 Å². The SMILES string of the molecule is CCOC(=O)CC1CN(CCCN[C]=O)CCN1. The van der Waals surface area contributed by atoms with Gasteiger partial charge in [-0.05, 0) is 19.9 Å². The normalized spacial score (nSPS) is 20.4. The van der Waals surface area contributed by atoms with E-state index in [-0.39, 0.29) is 12.0 Å². The monoisotopic (exact) mass is 256 g/mol. The number of esters is 1. The van der Waals surface area contributed by atoms with Crippen LogP contribution in [0.2, 0.25) is 0 Å². The number of ether oxygens (including phenoxy) is 1. The molecule has 0 aromatic rings. The molecule has 0 aromatic heterocycles. The second-order valence-corrected chi connectivity index (χ2v) is 4.34. The molecule has 1 saturated heterocycles. The molecule has 1 atom stereocenters. The molecule has 18 heavy (non-hydrogen) atoms. The number of amides is 1. The zero-order valence-corrected chi connectivity index (χ0v) is 10.9. The first kappa shape index (κ1) is 14.9. The van der Waals surface area contributed by atoms with E-state index in [1.165, 1.54) is 0 Å². The van der Waals surface area contributed by atoms with Crippen LogP contribution in [0.4, 0.5) is 0 Å². The van der Waals surface area contributed by atoms with Gasteiger partial charge >= 0.3 is 12.4 Å². The van der Waals surface area contributed by atoms with E-state index in [1.54, 1.807) is 6.41 Å². The Morgan fingerprint density at radius 2 is 2.44 bits per heavy atom. The van der Waals surface area contributed by atoms with Crippen molar-refractivity contribution in [3.63, 3.8) is 0 Å². The highest BCUT2D eigenvalue weighted by Crippen LogP contribution is 2.04. The van der Waals surface area contributed by atoms with Crippen molar-refractivity contribution >= 4 is 12.4 Å². The fourth-order valence-corrected chi connectivity index (χ4v) is 2.10. The van der Waals surface area contributed by atoms with E-state index in [9.17, 15) is 9.59 Å². The third kappa shape index (κ3) is 5.97. The summed E-state index contributed by atoms with van der Waals surface area (Å²) in [6, 6.07) is 0.170. The molecule has 103 valence electrons. The Balaban J connectivity index is 2.19. The highest BCUT2D eigenvalue weighted by molar-refractivity contribution is 5.70. The number of piperazine rings is 1. The van der Waals surface area contributed by atoms with E-state index >= 15 is 0 Å². The lowest BCUT2D eigenvalue weighted by Crippen LogP contribution is -2.51. The van der Waals surface area contributed by atoms with Crippen LogP contribution < -0.4 is 10.6 Å². The summed E-state index contributed by atoms with van der Waals surface area (Å²) in [4.78, 5) is 23.7. The number of nitrogens with one attached hydrogen (secondary N) is 2. The van der Waals surface area contributed by atoms with Crippen molar-refractivity contribution in [3.8, 4) is 0 Å². The highest BCUT2D eigenvalue weighted by Gasteiger charge is 2.21. The minimum atomic E-state index is -0.144. The van der Waals surface area contributed by atoms with Gasteiger partial charge in [0, 0.05) is 32.2 Å². The van der Waals surface area contributed by atoms with Crippen LogP contribution in [0.25, 0.3) is 0 Å².